The van der Waals surface area contributed by atoms with Gasteiger partial charge in [-0.15, -0.1) is 0 Å². The number of piperidine rings is 1. The number of aryl methyl sites for hydroxylation is 1. The second kappa shape index (κ2) is 10.1. The van der Waals surface area contributed by atoms with E-state index in [4.69, 9.17) is 4.99 Å². The molecule has 3 heterocycles. The Morgan fingerprint density at radius 2 is 2.14 bits per heavy atom. The van der Waals surface area contributed by atoms with Crippen molar-refractivity contribution in [1.82, 2.24) is 24.9 Å². The Labute approximate surface area is 174 Å². The molecule has 0 spiro atoms. The second-order valence-corrected chi connectivity index (χ2v) is 8.57. The Morgan fingerprint density at radius 3 is 2.79 bits per heavy atom. The van der Waals surface area contributed by atoms with Gasteiger partial charge in [0.1, 0.15) is 6.54 Å². The highest BCUT2D eigenvalue weighted by Crippen LogP contribution is 2.19. The van der Waals surface area contributed by atoms with Gasteiger partial charge in [-0.05, 0) is 32.2 Å². The summed E-state index contributed by atoms with van der Waals surface area (Å²) in [6.45, 7) is 12.3. The van der Waals surface area contributed by atoms with Crippen LogP contribution in [0.3, 0.4) is 0 Å². The van der Waals surface area contributed by atoms with Gasteiger partial charge in [-0.2, -0.15) is 5.10 Å². The third-order valence-corrected chi connectivity index (χ3v) is 5.66. The van der Waals surface area contributed by atoms with Crippen molar-refractivity contribution >= 4 is 17.6 Å². The molecule has 1 amide bonds. The van der Waals surface area contributed by atoms with Crippen molar-refractivity contribution in [2.24, 2.45) is 18.0 Å². The number of anilines is 1. The van der Waals surface area contributed by atoms with Crippen molar-refractivity contribution in [2.75, 3.05) is 50.7 Å². The fraction of sp³-hybridized carbons (Fsp3) is 0.762. The predicted octanol–water partition coefficient (Wildman–Crippen LogP) is 1.54. The molecule has 1 N–H and O–H groups in total. The normalized spacial score (nSPS) is 21.9. The van der Waals surface area contributed by atoms with Gasteiger partial charge in [0.05, 0.1) is 18.4 Å². The van der Waals surface area contributed by atoms with E-state index in [1.807, 2.05) is 18.1 Å². The van der Waals surface area contributed by atoms with Crippen molar-refractivity contribution in [3.8, 4) is 0 Å². The summed E-state index contributed by atoms with van der Waals surface area (Å²) in [5.74, 6) is 1.63. The lowest BCUT2D eigenvalue weighted by atomic mass is 10.0. The Balaban J connectivity index is 1.63. The van der Waals surface area contributed by atoms with E-state index in [-0.39, 0.29) is 5.91 Å². The number of aromatic nitrogens is 2. The van der Waals surface area contributed by atoms with E-state index in [9.17, 15) is 4.79 Å². The molecule has 0 radical (unpaired) electrons. The van der Waals surface area contributed by atoms with Crippen molar-refractivity contribution in [2.45, 2.75) is 46.1 Å². The molecule has 8 heteroatoms. The first-order chi connectivity index (χ1) is 14.0. The molecule has 8 nitrogen and oxygen atoms in total. The number of hydrogen-bond acceptors (Lipinski definition) is 4. The average molecular weight is 404 g/mol. The van der Waals surface area contributed by atoms with Gasteiger partial charge >= 0.3 is 0 Å². The maximum Gasteiger partial charge on any atom is 0.246 e. The summed E-state index contributed by atoms with van der Waals surface area (Å²) < 4.78 is 1.73. The monoisotopic (exact) mass is 403 g/mol. The van der Waals surface area contributed by atoms with Gasteiger partial charge in [-0.25, -0.2) is 0 Å². The number of carbonyl (C=O) groups excluding carboxylic acids is 1. The maximum atomic E-state index is 12.8. The number of likely N-dealkylation sites (tertiary alicyclic amines) is 1. The lowest BCUT2D eigenvalue weighted by Crippen LogP contribution is -2.55. The summed E-state index contributed by atoms with van der Waals surface area (Å²) >= 11 is 0. The minimum absolute atomic E-state index is 0.0916. The topological polar surface area (TPSA) is 69.0 Å². The molecule has 162 valence electrons. The maximum absolute atomic E-state index is 12.8. The van der Waals surface area contributed by atoms with E-state index in [0.29, 0.717) is 25.0 Å². The Morgan fingerprint density at radius 1 is 1.31 bits per heavy atom. The predicted molar refractivity (Wildman–Crippen MR) is 117 cm³/mol. The van der Waals surface area contributed by atoms with Crippen molar-refractivity contribution < 1.29 is 4.79 Å². The fourth-order valence-electron chi connectivity index (χ4n) is 4.27. The molecule has 1 unspecified atom stereocenters. The van der Waals surface area contributed by atoms with Gasteiger partial charge in [0.25, 0.3) is 0 Å². The van der Waals surface area contributed by atoms with Crippen LogP contribution in [0.1, 0.15) is 40.0 Å². The minimum Gasteiger partial charge on any atom is -0.357 e. The van der Waals surface area contributed by atoms with Crippen LogP contribution >= 0.6 is 0 Å². The van der Waals surface area contributed by atoms with Crippen LogP contribution < -0.4 is 10.2 Å². The third-order valence-electron chi connectivity index (χ3n) is 5.66. The summed E-state index contributed by atoms with van der Waals surface area (Å²) in [5.41, 5.74) is 0.866. The van der Waals surface area contributed by atoms with E-state index in [1.165, 1.54) is 25.8 Å². The van der Waals surface area contributed by atoms with Crippen LogP contribution in [-0.2, 0) is 11.8 Å². The largest absolute Gasteiger partial charge is 0.357 e. The molecule has 2 fully saturated rings. The van der Waals surface area contributed by atoms with Crippen molar-refractivity contribution in [3.05, 3.63) is 12.4 Å². The summed E-state index contributed by atoms with van der Waals surface area (Å²) in [5, 5.41) is 7.58. The van der Waals surface area contributed by atoms with Crippen LogP contribution in [0.5, 0.6) is 0 Å². The highest BCUT2D eigenvalue weighted by Gasteiger charge is 2.28. The number of aliphatic imine (C=N–C) groups is 1. The van der Waals surface area contributed by atoms with E-state index in [0.717, 1.165) is 37.8 Å². The third kappa shape index (κ3) is 5.72. The zero-order valence-corrected chi connectivity index (χ0v) is 18.5. The summed E-state index contributed by atoms with van der Waals surface area (Å²) in [4.78, 5) is 24.2. The van der Waals surface area contributed by atoms with E-state index in [2.05, 4.69) is 41.0 Å². The molecule has 2 aliphatic heterocycles. The van der Waals surface area contributed by atoms with Crippen molar-refractivity contribution in [1.29, 1.82) is 0 Å². The summed E-state index contributed by atoms with van der Waals surface area (Å²) in [7, 11) is 1.87. The number of nitrogens with zero attached hydrogens (tertiary/aromatic N) is 6. The standard InChI is InChI=1S/C21H37N7O/c1-5-22-21(23-12-18-8-6-7-9-26(18)14-17(2)3)27-10-11-28(20(29)16-27)19-13-24-25(4)15-19/h13,15,17-18H,5-12,14,16H2,1-4H3,(H,22,23). The average Bonchev–Trinajstić information content (AvgIpc) is 3.11. The van der Waals surface area contributed by atoms with Gasteiger partial charge in [-0.1, -0.05) is 20.3 Å². The Bertz CT molecular complexity index is 699. The molecule has 1 aromatic heterocycles. The number of rotatable bonds is 6. The van der Waals surface area contributed by atoms with Crippen molar-refractivity contribution in [3.63, 3.8) is 0 Å². The molecule has 0 aliphatic carbocycles. The molecule has 2 aliphatic rings. The minimum atomic E-state index is 0.0916. The number of guanidine groups is 1. The first-order valence-electron chi connectivity index (χ1n) is 11.0. The quantitative estimate of drug-likeness (QED) is 0.576. The van der Waals surface area contributed by atoms with Crippen LogP contribution in [0.2, 0.25) is 0 Å². The highest BCUT2D eigenvalue weighted by atomic mass is 16.2. The smallest absolute Gasteiger partial charge is 0.246 e. The van der Waals surface area contributed by atoms with Crippen LogP contribution in [-0.4, -0.2) is 83.3 Å². The highest BCUT2D eigenvalue weighted by molar-refractivity contribution is 5.98. The first kappa shape index (κ1) is 21.6. The zero-order chi connectivity index (χ0) is 20.8. The van der Waals surface area contributed by atoms with Gasteiger partial charge in [-0.3, -0.25) is 19.4 Å². The van der Waals surface area contributed by atoms with Crippen LogP contribution in [0, 0.1) is 5.92 Å². The van der Waals surface area contributed by atoms with E-state index < -0.39 is 0 Å². The Hall–Kier alpha value is -2.09. The van der Waals surface area contributed by atoms with Gasteiger partial charge < -0.3 is 15.1 Å². The number of amides is 1. The Kier molecular flexibility index (Phi) is 7.52. The summed E-state index contributed by atoms with van der Waals surface area (Å²) in [6.07, 6.45) is 7.42. The fourth-order valence-corrected chi connectivity index (χ4v) is 4.27. The van der Waals surface area contributed by atoms with E-state index >= 15 is 0 Å². The van der Waals surface area contributed by atoms with Crippen LogP contribution in [0.4, 0.5) is 5.69 Å². The molecule has 0 bridgehead atoms. The number of hydrogen-bond donors (Lipinski definition) is 1. The molecule has 1 aromatic rings. The summed E-state index contributed by atoms with van der Waals surface area (Å²) in [6, 6.07) is 0.507. The second-order valence-electron chi connectivity index (χ2n) is 8.57. The molecule has 2 saturated heterocycles. The lowest BCUT2D eigenvalue weighted by Gasteiger charge is -2.37. The van der Waals surface area contributed by atoms with Crippen LogP contribution in [0.15, 0.2) is 17.4 Å². The number of piperazine rings is 1. The number of carbonyl (C=O) groups is 1. The molecule has 0 saturated carbocycles. The molecular weight excluding hydrogens is 366 g/mol. The molecular formula is C21H37N7O. The molecule has 3 rings (SSSR count). The SMILES string of the molecule is CCNC(=NCC1CCCCN1CC(C)C)N1CCN(c2cnn(C)c2)C(=O)C1. The zero-order valence-electron chi connectivity index (χ0n) is 18.5. The van der Waals surface area contributed by atoms with Gasteiger partial charge in [0.15, 0.2) is 5.96 Å². The first-order valence-corrected chi connectivity index (χ1v) is 11.0. The molecule has 0 aromatic carbocycles. The molecule has 1 atom stereocenters. The van der Waals surface area contributed by atoms with E-state index in [1.54, 1.807) is 10.9 Å². The van der Waals surface area contributed by atoms with Gasteiger partial charge in [0.2, 0.25) is 5.91 Å². The van der Waals surface area contributed by atoms with Crippen LogP contribution in [0.25, 0.3) is 0 Å². The lowest BCUT2D eigenvalue weighted by molar-refractivity contribution is -0.120. The number of nitrogens with one attached hydrogen (secondary N) is 1. The van der Waals surface area contributed by atoms with Gasteiger partial charge in [0, 0.05) is 45.5 Å². The molecule has 29 heavy (non-hydrogen) atoms.